The minimum absolute atomic E-state index is 0.0230. The zero-order valence-corrected chi connectivity index (χ0v) is 15.4. The third-order valence-electron chi connectivity index (χ3n) is 5.20. The Bertz CT molecular complexity index is 998. The van der Waals surface area contributed by atoms with E-state index in [9.17, 15) is 14.7 Å². The quantitative estimate of drug-likeness (QED) is 0.756. The number of amides is 1. The van der Waals surface area contributed by atoms with Crippen molar-refractivity contribution in [3.63, 3.8) is 0 Å². The maximum atomic E-state index is 13.3. The van der Waals surface area contributed by atoms with E-state index in [0.29, 0.717) is 18.7 Å². The van der Waals surface area contributed by atoms with Crippen molar-refractivity contribution in [2.75, 3.05) is 13.1 Å². The van der Waals surface area contributed by atoms with Gasteiger partial charge in [-0.3, -0.25) is 4.79 Å². The van der Waals surface area contributed by atoms with Gasteiger partial charge >= 0.3 is 5.97 Å². The van der Waals surface area contributed by atoms with Gasteiger partial charge in [0.2, 0.25) is 0 Å². The van der Waals surface area contributed by atoms with Gasteiger partial charge in [-0.1, -0.05) is 24.3 Å². The van der Waals surface area contributed by atoms with E-state index in [-0.39, 0.29) is 17.4 Å². The monoisotopic (exact) mass is 375 g/mol. The number of nitrogens with zero attached hydrogens (tertiary/aromatic N) is 3. The maximum absolute atomic E-state index is 13.3. The van der Waals surface area contributed by atoms with E-state index in [1.807, 2.05) is 47.5 Å². The number of piperidine rings is 1. The molecule has 1 aliphatic heterocycles. The first-order valence-electron chi connectivity index (χ1n) is 9.35. The number of likely N-dealkylation sites (tertiary alicyclic amines) is 1. The first kappa shape index (κ1) is 18.0. The minimum atomic E-state index is -0.932. The number of hydrogen-bond acceptors (Lipinski definition) is 3. The Morgan fingerprint density at radius 1 is 1.07 bits per heavy atom. The second kappa shape index (κ2) is 7.68. The summed E-state index contributed by atoms with van der Waals surface area (Å²) in [5.41, 5.74) is 2.63. The topological polar surface area (TPSA) is 75.4 Å². The third kappa shape index (κ3) is 3.53. The lowest BCUT2D eigenvalue weighted by Crippen LogP contribution is -2.39. The van der Waals surface area contributed by atoms with Crippen molar-refractivity contribution in [3.05, 3.63) is 83.7 Å². The molecular formula is C22H21N3O3. The molecule has 2 aromatic carbocycles. The molecule has 1 atom stereocenters. The third-order valence-corrected chi connectivity index (χ3v) is 5.20. The maximum Gasteiger partial charge on any atom is 0.335 e. The first-order chi connectivity index (χ1) is 13.6. The number of rotatable bonds is 4. The Labute approximate surface area is 163 Å². The van der Waals surface area contributed by atoms with Gasteiger partial charge in [-0.15, -0.1) is 0 Å². The molecule has 0 spiro atoms. The Morgan fingerprint density at radius 2 is 1.93 bits per heavy atom. The van der Waals surface area contributed by atoms with Gasteiger partial charge in [0.15, 0.2) is 0 Å². The average Bonchev–Trinajstić information content (AvgIpc) is 3.28. The van der Waals surface area contributed by atoms with E-state index in [1.165, 1.54) is 0 Å². The Hall–Kier alpha value is -3.41. The summed E-state index contributed by atoms with van der Waals surface area (Å²) in [6.07, 6.45) is 5.33. The van der Waals surface area contributed by atoms with Crippen LogP contribution in [0.3, 0.4) is 0 Å². The van der Waals surface area contributed by atoms with Crippen LogP contribution in [0.25, 0.3) is 5.69 Å². The second-order valence-corrected chi connectivity index (χ2v) is 6.99. The predicted octanol–water partition coefficient (Wildman–Crippen LogP) is 3.59. The summed E-state index contributed by atoms with van der Waals surface area (Å²) in [4.78, 5) is 26.4. The molecule has 4 rings (SSSR count). The van der Waals surface area contributed by atoms with E-state index in [0.717, 1.165) is 24.1 Å². The Kier molecular flexibility index (Phi) is 4.93. The average molecular weight is 375 g/mol. The van der Waals surface area contributed by atoms with Crippen LogP contribution in [0.15, 0.2) is 67.0 Å². The second-order valence-electron chi connectivity index (χ2n) is 6.99. The van der Waals surface area contributed by atoms with Gasteiger partial charge in [0, 0.05) is 31.4 Å². The van der Waals surface area contributed by atoms with Crippen LogP contribution in [0.4, 0.5) is 0 Å². The molecule has 6 nitrogen and oxygen atoms in total. The molecule has 1 saturated heterocycles. The zero-order valence-electron chi connectivity index (χ0n) is 15.4. The normalized spacial score (nSPS) is 16.7. The largest absolute Gasteiger partial charge is 0.478 e. The van der Waals surface area contributed by atoms with E-state index >= 15 is 0 Å². The van der Waals surface area contributed by atoms with Gasteiger partial charge in [0.25, 0.3) is 5.91 Å². The number of aromatic nitrogens is 2. The number of para-hydroxylation sites is 1. The molecule has 0 bridgehead atoms. The number of aromatic carboxylic acids is 1. The van der Waals surface area contributed by atoms with Crippen molar-refractivity contribution < 1.29 is 14.7 Å². The van der Waals surface area contributed by atoms with Crippen LogP contribution in [-0.2, 0) is 0 Å². The van der Waals surface area contributed by atoms with Crippen molar-refractivity contribution in [1.82, 2.24) is 14.7 Å². The molecule has 0 radical (unpaired) electrons. The van der Waals surface area contributed by atoms with Crippen LogP contribution in [0.5, 0.6) is 0 Å². The van der Waals surface area contributed by atoms with E-state index in [4.69, 9.17) is 0 Å². The fourth-order valence-electron chi connectivity index (χ4n) is 3.80. The van der Waals surface area contributed by atoms with E-state index < -0.39 is 5.97 Å². The summed E-state index contributed by atoms with van der Waals surface area (Å²) in [6, 6.07) is 16.3. The van der Waals surface area contributed by atoms with Crippen molar-refractivity contribution in [2.24, 2.45) is 0 Å². The number of benzene rings is 2. The molecule has 2 heterocycles. The van der Waals surface area contributed by atoms with E-state index in [2.05, 4.69) is 5.10 Å². The Morgan fingerprint density at radius 3 is 2.71 bits per heavy atom. The van der Waals surface area contributed by atoms with Crippen molar-refractivity contribution in [2.45, 2.75) is 18.8 Å². The minimum Gasteiger partial charge on any atom is -0.478 e. The van der Waals surface area contributed by atoms with Gasteiger partial charge in [0.1, 0.15) is 0 Å². The lowest BCUT2D eigenvalue weighted by atomic mass is 9.89. The number of carbonyl (C=O) groups excluding carboxylic acids is 1. The van der Waals surface area contributed by atoms with Crippen molar-refractivity contribution >= 4 is 11.9 Å². The lowest BCUT2D eigenvalue weighted by Gasteiger charge is -2.33. The number of carboxylic acid groups (broad SMARTS) is 1. The fraction of sp³-hybridized carbons (Fsp3) is 0.227. The van der Waals surface area contributed by atoms with Gasteiger partial charge < -0.3 is 10.0 Å². The first-order valence-corrected chi connectivity index (χ1v) is 9.35. The molecule has 0 aliphatic carbocycles. The molecule has 1 aliphatic rings. The number of carboxylic acids is 1. The summed E-state index contributed by atoms with van der Waals surface area (Å²) < 4.78 is 1.70. The van der Waals surface area contributed by atoms with Crippen LogP contribution >= 0.6 is 0 Å². The highest BCUT2D eigenvalue weighted by Gasteiger charge is 2.27. The standard InChI is InChI=1S/C22H21N3O3/c26-21(19-9-1-2-10-20(19)25-13-5-11-23-25)24-12-4-8-18(15-24)16-6-3-7-17(14-16)22(27)28/h1-3,5-7,9-11,13-14,18H,4,8,12,15H2,(H,27,28)/t18-/m0/s1. The molecule has 0 saturated carbocycles. The Balaban J connectivity index is 1.58. The van der Waals surface area contributed by atoms with Crippen molar-refractivity contribution in [1.29, 1.82) is 0 Å². The van der Waals surface area contributed by atoms with Gasteiger partial charge in [0.05, 0.1) is 16.8 Å². The fourth-order valence-corrected chi connectivity index (χ4v) is 3.80. The summed E-state index contributed by atoms with van der Waals surface area (Å²) in [5, 5.41) is 13.5. The molecule has 28 heavy (non-hydrogen) atoms. The van der Waals surface area contributed by atoms with Crippen LogP contribution in [-0.4, -0.2) is 44.8 Å². The molecule has 1 amide bonds. The van der Waals surface area contributed by atoms with Crippen LogP contribution in [0.2, 0.25) is 0 Å². The SMILES string of the molecule is O=C(O)c1cccc([C@H]2CCCN(C(=O)c3ccccc3-n3cccn3)C2)c1. The number of hydrogen-bond donors (Lipinski definition) is 1. The molecule has 6 heteroatoms. The molecule has 3 aromatic rings. The summed E-state index contributed by atoms with van der Waals surface area (Å²) >= 11 is 0. The van der Waals surface area contributed by atoms with Crippen LogP contribution in [0, 0.1) is 0 Å². The van der Waals surface area contributed by atoms with Gasteiger partial charge in [-0.05, 0) is 48.7 Å². The van der Waals surface area contributed by atoms with E-state index in [1.54, 1.807) is 29.1 Å². The molecular weight excluding hydrogens is 354 g/mol. The smallest absolute Gasteiger partial charge is 0.335 e. The van der Waals surface area contributed by atoms with Crippen LogP contribution in [0.1, 0.15) is 45.0 Å². The lowest BCUT2D eigenvalue weighted by molar-refractivity contribution is 0.0687. The molecule has 1 aromatic heterocycles. The highest BCUT2D eigenvalue weighted by atomic mass is 16.4. The zero-order chi connectivity index (χ0) is 19.5. The van der Waals surface area contributed by atoms with Crippen LogP contribution < -0.4 is 0 Å². The van der Waals surface area contributed by atoms with Crippen molar-refractivity contribution in [3.8, 4) is 5.69 Å². The molecule has 1 fully saturated rings. The summed E-state index contributed by atoms with van der Waals surface area (Å²) in [6.45, 7) is 1.27. The molecule has 1 N–H and O–H groups in total. The molecule has 0 unspecified atom stereocenters. The van der Waals surface area contributed by atoms with Gasteiger partial charge in [-0.2, -0.15) is 5.10 Å². The molecule has 142 valence electrons. The highest BCUT2D eigenvalue weighted by Crippen LogP contribution is 2.29. The number of carbonyl (C=O) groups is 2. The van der Waals surface area contributed by atoms with Gasteiger partial charge in [-0.25, -0.2) is 9.48 Å². The summed E-state index contributed by atoms with van der Waals surface area (Å²) in [5.74, 6) is -0.821. The predicted molar refractivity (Wildman–Crippen MR) is 105 cm³/mol. The highest BCUT2D eigenvalue weighted by molar-refractivity contribution is 5.97. The summed E-state index contributed by atoms with van der Waals surface area (Å²) in [7, 11) is 0.